The molecule has 0 aromatic carbocycles. The summed E-state index contributed by atoms with van der Waals surface area (Å²) < 4.78 is 29.8. The van der Waals surface area contributed by atoms with E-state index in [1.807, 2.05) is 13.8 Å². The Morgan fingerprint density at radius 3 is 2.48 bits per heavy atom. The van der Waals surface area contributed by atoms with E-state index >= 15 is 0 Å². The molecule has 0 aliphatic carbocycles. The van der Waals surface area contributed by atoms with E-state index < -0.39 is 34.8 Å². The van der Waals surface area contributed by atoms with Crippen LogP contribution in [0.15, 0.2) is 0 Å². The number of piperidine rings is 1. The molecule has 0 aromatic rings. The van der Waals surface area contributed by atoms with Crippen LogP contribution in [0, 0.1) is 11.8 Å². The summed E-state index contributed by atoms with van der Waals surface area (Å²) in [7, 11) is -5.35. The first-order chi connectivity index (χ1) is 13.5. The van der Waals surface area contributed by atoms with Gasteiger partial charge >= 0.3 is 13.1 Å². The van der Waals surface area contributed by atoms with Gasteiger partial charge in [0, 0.05) is 31.6 Å². The Bertz CT molecular complexity index is 658. The number of nitrogens with one attached hydrogen (secondary N) is 1. The standard InChI is InChI=1S/C17H35BN4O6S/c1-13(2)10-22(15-5-8-20-9-6-15)29(27,28)21-11-14(4-3-7-18(25)26)17(19,12-21)16(23)24/h13-15,20,25-26H,3-12,19H2,1-2H3,(H,23,24)/t14-,17-/m0/s1. The summed E-state index contributed by atoms with van der Waals surface area (Å²) in [6.45, 7) is 5.52. The highest BCUT2D eigenvalue weighted by molar-refractivity contribution is 7.86. The van der Waals surface area contributed by atoms with Crippen molar-refractivity contribution in [2.75, 3.05) is 32.7 Å². The van der Waals surface area contributed by atoms with Crippen LogP contribution in [-0.2, 0) is 15.0 Å². The van der Waals surface area contributed by atoms with Crippen molar-refractivity contribution in [3.05, 3.63) is 0 Å². The van der Waals surface area contributed by atoms with E-state index in [2.05, 4.69) is 5.32 Å². The molecule has 10 nitrogen and oxygen atoms in total. The van der Waals surface area contributed by atoms with Crippen molar-refractivity contribution >= 4 is 23.3 Å². The summed E-state index contributed by atoms with van der Waals surface area (Å²) in [6, 6.07) is -0.121. The fourth-order valence-corrected chi connectivity index (χ4v) is 6.36. The number of hydrogen-bond donors (Lipinski definition) is 5. The number of rotatable bonds is 10. The number of nitrogens with two attached hydrogens (primary N) is 1. The number of carboxylic acid groups (broad SMARTS) is 1. The summed E-state index contributed by atoms with van der Waals surface area (Å²) in [6.07, 6.45) is 2.18. The molecule has 29 heavy (non-hydrogen) atoms. The van der Waals surface area contributed by atoms with Gasteiger partial charge in [0.15, 0.2) is 0 Å². The average molecular weight is 434 g/mol. The van der Waals surface area contributed by atoms with Gasteiger partial charge in [-0.1, -0.05) is 20.3 Å². The molecular weight excluding hydrogens is 399 g/mol. The van der Waals surface area contributed by atoms with E-state index in [-0.39, 0.29) is 31.4 Å². The number of carbonyl (C=O) groups is 1. The first-order valence-electron chi connectivity index (χ1n) is 10.3. The molecule has 0 bridgehead atoms. The van der Waals surface area contributed by atoms with Crippen LogP contribution in [0.25, 0.3) is 0 Å². The predicted octanol–water partition coefficient (Wildman–Crippen LogP) is -1.09. The molecule has 12 heteroatoms. The van der Waals surface area contributed by atoms with Crippen LogP contribution < -0.4 is 11.1 Å². The van der Waals surface area contributed by atoms with Gasteiger partial charge in [0.25, 0.3) is 10.2 Å². The van der Waals surface area contributed by atoms with Gasteiger partial charge in [0.1, 0.15) is 5.54 Å². The molecule has 0 spiro atoms. The highest BCUT2D eigenvalue weighted by Gasteiger charge is 2.53. The molecule has 0 aromatic heterocycles. The Kier molecular flexibility index (Phi) is 8.48. The topological polar surface area (TPSA) is 156 Å². The van der Waals surface area contributed by atoms with Crippen LogP contribution in [-0.4, -0.2) is 89.6 Å². The lowest BCUT2D eigenvalue weighted by Crippen LogP contribution is -2.56. The molecule has 2 saturated heterocycles. The largest absolute Gasteiger partial charge is 0.480 e. The van der Waals surface area contributed by atoms with Crippen LogP contribution in [0.4, 0.5) is 0 Å². The summed E-state index contributed by atoms with van der Waals surface area (Å²) >= 11 is 0. The van der Waals surface area contributed by atoms with E-state index in [0.29, 0.717) is 32.2 Å². The summed E-state index contributed by atoms with van der Waals surface area (Å²) in [5.41, 5.74) is 4.48. The molecule has 0 radical (unpaired) electrons. The highest BCUT2D eigenvalue weighted by Crippen LogP contribution is 2.34. The second-order valence-corrected chi connectivity index (χ2v) is 10.6. The minimum absolute atomic E-state index is 0.0201. The van der Waals surface area contributed by atoms with Crippen LogP contribution in [0.2, 0.25) is 6.32 Å². The quantitative estimate of drug-likeness (QED) is 0.272. The molecule has 0 unspecified atom stereocenters. The van der Waals surface area contributed by atoms with Gasteiger partial charge in [-0.15, -0.1) is 0 Å². The zero-order valence-electron chi connectivity index (χ0n) is 17.3. The van der Waals surface area contributed by atoms with Gasteiger partial charge in [-0.3, -0.25) is 4.79 Å². The van der Waals surface area contributed by atoms with Crippen molar-refractivity contribution in [1.82, 2.24) is 13.9 Å². The third kappa shape index (κ3) is 5.90. The zero-order valence-corrected chi connectivity index (χ0v) is 18.1. The Balaban J connectivity index is 2.23. The van der Waals surface area contributed by atoms with Gasteiger partial charge < -0.3 is 26.2 Å². The van der Waals surface area contributed by atoms with Crippen molar-refractivity contribution in [3.63, 3.8) is 0 Å². The van der Waals surface area contributed by atoms with Crippen molar-refractivity contribution in [1.29, 1.82) is 0 Å². The Morgan fingerprint density at radius 2 is 1.97 bits per heavy atom. The second-order valence-electron chi connectivity index (χ2n) is 8.70. The normalized spacial score (nSPS) is 27.1. The zero-order chi connectivity index (χ0) is 21.8. The minimum atomic E-state index is -3.88. The van der Waals surface area contributed by atoms with E-state index in [1.54, 1.807) is 0 Å². The van der Waals surface area contributed by atoms with Crippen molar-refractivity contribution < 1.29 is 28.4 Å². The Labute approximate surface area is 173 Å². The Morgan fingerprint density at radius 1 is 1.34 bits per heavy atom. The van der Waals surface area contributed by atoms with Crippen molar-refractivity contribution in [2.45, 2.75) is 57.4 Å². The third-order valence-electron chi connectivity index (χ3n) is 5.89. The van der Waals surface area contributed by atoms with Gasteiger partial charge in [0.2, 0.25) is 0 Å². The molecule has 2 fully saturated rings. The lowest BCUT2D eigenvalue weighted by molar-refractivity contribution is -0.144. The minimum Gasteiger partial charge on any atom is -0.480 e. The van der Waals surface area contributed by atoms with E-state index in [0.717, 1.165) is 13.1 Å². The maximum Gasteiger partial charge on any atom is 0.451 e. The number of nitrogens with zero attached hydrogens (tertiary/aromatic N) is 2. The van der Waals surface area contributed by atoms with Crippen LogP contribution in [0.3, 0.4) is 0 Å². The molecule has 2 aliphatic rings. The molecule has 168 valence electrons. The Hall–Kier alpha value is -0.755. The number of hydrogen-bond acceptors (Lipinski definition) is 7. The highest BCUT2D eigenvalue weighted by atomic mass is 32.2. The van der Waals surface area contributed by atoms with Gasteiger partial charge in [-0.25, -0.2) is 0 Å². The van der Waals surface area contributed by atoms with Crippen LogP contribution >= 0.6 is 0 Å². The van der Waals surface area contributed by atoms with Crippen molar-refractivity contribution in [2.24, 2.45) is 17.6 Å². The van der Waals surface area contributed by atoms with Gasteiger partial charge in [-0.2, -0.15) is 17.0 Å². The maximum atomic E-state index is 13.5. The first-order valence-corrected chi connectivity index (χ1v) is 11.7. The summed E-state index contributed by atoms with van der Waals surface area (Å²) in [4.78, 5) is 11.9. The van der Waals surface area contributed by atoms with Gasteiger partial charge in [-0.05, 0) is 44.6 Å². The predicted molar refractivity (Wildman–Crippen MR) is 110 cm³/mol. The van der Waals surface area contributed by atoms with Gasteiger partial charge in [0.05, 0.1) is 0 Å². The molecule has 2 atom stereocenters. The van der Waals surface area contributed by atoms with Crippen LogP contribution in [0.5, 0.6) is 0 Å². The second kappa shape index (κ2) is 10.0. The lowest BCUT2D eigenvalue weighted by atomic mass is 9.78. The molecule has 0 amide bonds. The number of carboxylic acids is 1. The SMILES string of the molecule is CC(C)CN(C1CCNCC1)S(=O)(=O)N1C[C@H](CCCB(O)O)[C@](N)(C(=O)O)C1. The van der Waals surface area contributed by atoms with Crippen LogP contribution in [0.1, 0.15) is 39.5 Å². The molecule has 0 saturated carbocycles. The molecular formula is C17H35BN4O6S. The van der Waals surface area contributed by atoms with E-state index in [9.17, 15) is 18.3 Å². The first kappa shape index (κ1) is 24.5. The molecule has 6 N–H and O–H groups in total. The maximum absolute atomic E-state index is 13.5. The number of aliphatic carboxylic acids is 1. The lowest BCUT2D eigenvalue weighted by Gasteiger charge is -2.37. The molecule has 2 aliphatic heterocycles. The summed E-state index contributed by atoms with van der Waals surface area (Å²) in [5, 5.41) is 31.0. The smallest absolute Gasteiger partial charge is 0.451 e. The fourth-order valence-electron chi connectivity index (χ4n) is 4.24. The third-order valence-corrected chi connectivity index (χ3v) is 7.86. The average Bonchev–Trinajstić information content (AvgIpc) is 2.99. The fraction of sp³-hybridized carbons (Fsp3) is 0.941. The summed E-state index contributed by atoms with van der Waals surface area (Å²) in [5.74, 6) is -1.70. The van der Waals surface area contributed by atoms with E-state index in [1.165, 1.54) is 8.61 Å². The van der Waals surface area contributed by atoms with E-state index in [4.69, 9.17) is 15.8 Å². The monoisotopic (exact) mass is 434 g/mol. The molecule has 2 rings (SSSR count). The van der Waals surface area contributed by atoms with Crippen molar-refractivity contribution in [3.8, 4) is 0 Å². The molecule has 2 heterocycles.